The number of rotatable bonds is 0. The molecule has 0 radical (unpaired) electrons. The van der Waals surface area contributed by atoms with Gasteiger partial charge in [-0.1, -0.05) is 42.4 Å². The molecule has 66 valence electrons. The minimum atomic E-state index is -0.330. The van der Waals surface area contributed by atoms with Crippen molar-refractivity contribution in [3.05, 3.63) is 54.6 Å². The van der Waals surface area contributed by atoms with E-state index in [4.69, 9.17) is 6.85 Å². The Hall–Kier alpha value is -1.89. The molecule has 0 fully saturated rings. The van der Waals surface area contributed by atoms with E-state index in [1.807, 2.05) is 0 Å². The van der Waals surface area contributed by atoms with Crippen LogP contribution in [-0.4, -0.2) is 4.98 Å². The van der Waals surface area contributed by atoms with Crippen LogP contribution in [0.15, 0.2) is 54.6 Å². The topological polar surface area (TPSA) is 12.9 Å². The second-order valence-corrected chi connectivity index (χ2v) is 2.99. The number of hydrogen-bond donors (Lipinski definition) is 0. The molecule has 14 heavy (non-hydrogen) atoms. The average molecular weight is 184 g/mol. The van der Waals surface area contributed by atoms with Gasteiger partial charge < -0.3 is 0 Å². The van der Waals surface area contributed by atoms with Gasteiger partial charge in [-0.15, -0.1) is 0 Å². The van der Waals surface area contributed by atoms with Crippen LogP contribution in [0, 0.1) is 0 Å². The van der Waals surface area contributed by atoms with E-state index >= 15 is 0 Å². The summed E-state index contributed by atoms with van der Waals surface area (Å²) in [6.07, 6.45) is -0.124. The Morgan fingerprint density at radius 1 is 1.00 bits per heavy atom. The van der Waals surface area contributed by atoms with Gasteiger partial charge in [0.1, 0.15) is 0 Å². The van der Waals surface area contributed by atoms with Gasteiger partial charge >= 0.3 is 0 Å². The van der Waals surface area contributed by atoms with E-state index in [0.717, 1.165) is 0 Å². The number of pyridine rings is 1. The predicted molar refractivity (Wildman–Crippen MR) is 59.2 cm³/mol. The Morgan fingerprint density at radius 3 is 2.86 bits per heavy atom. The fourth-order valence-corrected chi connectivity index (χ4v) is 1.50. The summed E-state index contributed by atoms with van der Waals surface area (Å²) in [7, 11) is 0. The summed E-state index contributed by atoms with van der Waals surface area (Å²) < 4.78 is 39.2. The lowest BCUT2D eigenvalue weighted by Crippen LogP contribution is -1.80. The van der Waals surface area contributed by atoms with Gasteiger partial charge in [-0.05, 0) is 11.5 Å². The number of hydrogen-bond acceptors (Lipinski definition) is 1. The zero-order valence-electron chi connectivity index (χ0n) is 12.3. The third-order valence-electron chi connectivity index (χ3n) is 2.15. The molecule has 0 aliphatic rings. The van der Waals surface area contributed by atoms with Crippen molar-refractivity contribution in [3.8, 4) is 0 Å². The van der Waals surface area contributed by atoms with Crippen LogP contribution >= 0.6 is 0 Å². The van der Waals surface area contributed by atoms with Gasteiger partial charge in [-0.3, -0.25) is 4.98 Å². The molecule has 0 N–H and O–H groups in total. The quantitative estimate of drug-likeness (QED) is 0.488. The molecular formula is C13H9N. The van der Waals surface area contributed by atoms with E-state index in [-0.39, 0.29) is 35.7 Å². The summed E-state index contributed by atoms with van der Waals surface area (Å²) in [5.74, 6) is 0. The maximum atomic E-state index is 8.00. The molecule has 1 heterocycles. The first-order chi connectivity index (χ1) is 9.02. The van der Waals surface area contributed by atoms with Crippen LogP contribution in [0.3, 0.4) is 0 Å². The maximum Gasteiger partial charge on any atom is 0.0847 e. The molecule has 1 nitrogen and oxygen atoms in total. The Labute approximate surface area is 89.0 Å². The summed E-state index contributed by atoms with van der Waals surface area (Å²) in [4.78, 5) is 4.10. The molecule has 0 unspecified atom stereocenters. The van der Waals surface area contributed by atoms with Crippen LogP contribution in [0.2, 0.25) is 0 Å². The normalized spacial score (nSPS) is 15.9. The largest absolute Gasteiger partial charge is 0.256 e. The van der Waals surface area contributed by atoms with E-state index in [1.54, 1.807) is 24.3 Å². The molecule has 1 heteroatoms. The highest BCUT2D eigenvalue weighted by Crippen LogP contribution is 2.22. The number of benzene rings is 2. The highest BCUT2D eigenvalue weighted by molar-refractivity contribution is 6.05. The molecule has 0 atom stereocenters. The van der Waals surface area contributed by atoms with E-state index in [2.05, 4.69) is 4.98 Å². The first-order valence-electron chi connectivity index (χ1n) is 6.77. The highest BCUT2D eigenvalue weighted by Gasteiger charge is 1.98. The van der Waals surface area contributed by atoms with Crippen LogP contribution in [-0.2, 0) is 0 Å². The number of nitrogens with zero attached hydrogens (tertiary/aromatic N) is 1. The van der Waals surface area contributed by atoms with E-state index in [0.29, 0.717) is 16.3 Å². The van der Waals surface area contributed by atoms with E-state index in [1.165, 1.54) is 0 Å². The van der Waals surface area contributed by atoms with Crippen molar-refractivity contribution in [2.45, 2.75) is 0 Å². The smallest absolute Gasteiger partial charge is 0.0847 e. The van der Waals surface area contributed by atoms with Crippen molar-refractivity contribution in [1.29, 1.82) is 0 Å². The molecule has 0 saturated heterocycles. The summed E-state index contributed by atoms with van der Waals surface area (Å²) >= 11 is 0. The lowest BCUT2D eigenvalue weighted by Gasteiger charge is -2.01. The zero-order chi connectivity index (χ0) is 13.7. The Morgan fingerprint density at radius 2 is 1.86 bits per heavy atom. The second-order valence-electron chi connectivity index (χ2n) is 2.99. The van der Waals surface area contributed by atoms with Crippen LogP contribution < -0.4 is 0 Å². The third-order valence-corrected chi connectivity index (χ3v) is 2.15. The van der Waals surface area contributed by atoms with Gasteiger partial charge in [-0.2, -0.15) is 0 Å². The van der Waals surface area contributed by atoms with Gasteiger partial charge in [0.2, 0.25) is 0 Å². The predicted octanol–water partition coefficient (Wildman–Crippen LogP) is 3.39. The lowest BCUT2D eigenvalue weighted by atomic mass is 10.1. The lowest BCUT2D eigenvalue weighted by molar-refractivity contribution is 1.44. The monoisotopic (exact) mass is 184 g/mol. The van der Waals surface area contributed by atoms with Crippen LogP contribution in [0.5, 0.6) is 0 Å². The minimum Gasteiger partial charge on any atom is -0.256 e. The fourth-order valence-electron chi connectivity index (χ4n) is 1.50. The Kier molecular flexibility index (Phi) is 0.821. The van der Waals surface area contributed by atoms with E-state index in [9.17, 15) is 0 Å². The molecule has 2 aromatic carbocycles. The first-order valence-corrected chi connectivity index (χ1v) is 4.27. The van der Waals surface area contributed by atoms with Crippen molar-refractivity contribution in [1.82, 2.24) is 4.98 Å². The number of fused-ring (bicyclic) bond motifs is 3. The molecule has 3 aromatic rings. The van der Waals surface area contributed by atoms with Crippen molar-refractivity contribution < 1.29 is 6.85 Å². The molecule has 0 spiro atoms. The van der Waals surface area contributed by atoms with Crippen LogP contribution in [0.4, 0.5) is 0 Å². The highest BCUT2D eigenvalue weighted by atomic mass is 14.6. The van der Waals surface area contributed by atoms with Gasteiger partial charge in [0.15, 0.2) is 0 Å². The number of aromatic nitrogens is 1. The molecule has 0 bridgehead atoms. The molecule has 0 aliphatic carbocycles. The number of para-hydroxylation sites is 1. The molecule has 1 aromatic heterocycles. The molecular weight excluding hydrogens is 170 g/mol. The van der Waals surface area contributed by atoms with Crippen molar-refractivity contribution >= 4 is 21.7 Å². The Bertz CT molecular complexity index is 828. The van der Waals surface area contributed by atoms with Gasteiger partial charge in [0.05, 0.1) is 12.4 Å². The second kappa shape index (κ2) is 2.81. The first kappa shape index (κ1) is 4.09. The summed E-state index contributed by atoms with van der Waals surface area (Å²) in [5.41, 5.74) is 0.560. The van der Waals surface area contributed by atoms with Gasteiger partial charge in [0, 0.05) is 16.9 Å². The van der Waals surface area contributed by atoms with Crippen molar-refractivity contribution in [3.63, 3.8) is 0 Å². The van der Waals surface area contributed by atoms with Crippen LogP contribution in [0.25, 0.3) is 21.7 Å². The zero-order valence-corrected chi connectivity index (χ0v) is 7.26. The maximum absolute atomic E-state index is 8.00. The van der Waals surface area contributed by atoms with Gasteiger partial charge in [0.25, 0.3) is 0 Å². The summed E-state index contributed by atoms with van der Waals surface area (Å²) in [6.45, 7) is 0. The standard InChI is InChI=1S/C13H9N/c1-2-6-11-10(5-1)9-14-13-8-4-3-7-12(11)13/h1-9H/i1D,2D,5D,6D,9D. The van der Waals surface area contributed by atoms with Crippen molar-refractivity contribution in [2.75, 3.05) is 0 Å². The van der Waals surface area contributed by atoms with Crippen molar-refractivity contribution in [2.24, 2.45) is 0 Å². The molecule has 0 amide bonds. The molecule has 3 rings (SSSR count). The van der Waals surface area contributed by atoms with Crippen LogP contribution in [0.1, 0.15) is 6.85 Å². The molecule has 0 saturated carbocycles. The average Bonchev–Trinajstić information content (AvgIpc) is 2.41. The fraction of sp³-hybridized carbons (Fsp3) is 0. The summed E-state index contributed by atoms with van der Waals surface area (Å²) in [5, 5.41) is 1.17. The van der Waals surface area contributed by atoms with Gasteiger partial charge in [-0.25, -0.2) is 0 Å². The van der Waals surface area contributed by atoms with E-state index < -0.39 is 0 Å². The molecule has 0 aliphatic heterocycles. The minimum absolute atomic E-state index is 0.122. The summed E-state index contributed by atoms with van der Waals surface area (Å²) in [6, 6.07) is 6.11. The Balaban J connectivity index is 2.72. The third kappa shape index (κ3) is 0.990. The SMILES string of the molecule is [2H]c1c([2H])c([2H])c2c(c([2H])nc3ccccc32)c1[2H].